The molecule has 0 spiro atoms. The lowest BCUT2D eigenvalue weighted by Crippen LogP contribution is -2.69. The molecule has 0 radical (unpaired) electrons. The van der Waals surface area contributed by atoms with E-state index < -0.39 is 8.07 Å². The minimum absolute atomic E-state index is 0.178. The molecular formula is C22H25NO2Si. The second kappa shape index (κ2) is 6.76. The highest BCUT2D eigenvalue weighted by Gasteiger charge is 2.54. The Morgan fingerprint density at radius 3 is 2.27 bits per heavy atom. The molecule has 3 nitrogen and oxygen atoms in total. The third-order valence-electron chi connectivity index (χ3n) is 5.74. The van der Waals surface area contributed by atoms with E-state index in [0.29, 0.717) is 12.5 Å². The Morgan fingerprint density at radius 2 is 1.65 bits per heavy atom. The summed E-state index contributed by atoms with van der Waals surface area (Å²) >= 11 is 0. The fraction of sp³-hybridized carbons (Fsp3) is 0.318. The number of hydrogen-bond acceptors (Lipinski definition) is 2. The first-order chi connectivity index (χ1) is 12.6. The lowest BCUT2D eigenvalue weighted by atomic mass is 9.73. The van der Waals surface area contributed by atoms with Gasteiger partial charge in [0.25, 0.3) is 0 Å². The monoisotopic (exact) mass is 363 g/mol. The van der Waals surface area contributed by atoms with Crippen molar-refractivity contribution in [3.63, 3.8) is 0 Å². The fourth-order valence-corrected chi connectivity index (χ4v) is 6.94. The molecule has 4 heteroatoms. The van der Waals surface area contributed by atoms with Crippen molar-refractivity contribution < 1.29 is 9.53 Å². The zero-order chi connectivity index (χ0) is 18.1. The van der Waals surface area contributed by atoms with Gasteiger partial charge < -0.3 is 4.74 Å². The van der Waals surface area contributed by atoms with Crippen LogP contribution >= 0.6 is 0 Å². The summed E-state index contributed by atoms with van der Waals surface area (Å²) in [6.45, 7) is 5.13. The van der Waals surface area contributed by atoms with E-state index in [0.717, 1.165) is 11.6 Å². The minimum atomic E-state index is -1.61. The molecule has 134 valence electrons. The first-order valence-corrected chi connectivity index (χ1v) is 12.5. The topological polar surface area (TPSA) is 29.5 Å². The molecule has 1 amide bonds. The Labute approximate surface area is 156 Å². The SMILES string of the molecule is C[Si](C)(C[C@H]1[C@H]2C=C[C@H]2N1C(=O)OCc1ccccc1)c1ccccc1. The van der Waals surface area contributed by atoms with Gasteiger partial charge in [0.2, 0.25) is 0 Å². The number of fused-ring (bicyclic) bond motifs is 1. The molecule has 1 fully saturated rings. The molecule has 2 aliphatic rings. The second-order valence-corrected chi connectivity index (χ2v) is 12.7. The van der Waals surface area contributed by atoms with Gasteiger partial charge in [-0.3, -0.25) is 4.90 Å². The van der Waals surface area contributed by atoms with Crippen LogP contribution in [-0.2, 0) is 11.3 Å². The molecule has 4 rings (SSSR count). The van der Waals surface area contributed by atoms with Crippen molar-refractivity contribution in [1.29, 1.82) is 0 Å². The van der Waals surface area contributed by atoms with E-state index in [-0.39, 0.29) is 18.2 Å². The number of benzene rings is 2. The van der Waals surface area contributed by atoms with Crippen molar-refractivity contribution >= 4 is 19.4 Å². The maximum Gasteiger partial charge on any atom is 0.410 e. The van der Waals surface area contributed by atoms with Crippen molar-refractivity contribution in [3.8, 4) is 0 Å². The summed E-state index contributed by atoms with van der Waals surface area (Å²) in [6.07, 6.45) is 4.20. The van der Waals surface area contributed by atoms with Crippen molar-refractivity contribution in [2.24, 2.45) is 5.92 Å². The molecule has 0 bridgehead atoms. The summed E-state index contributed by atoms with van der Waals surface area (Å²) in [5.74, 6) is 0.509. The van der Waals surface area contributed by atoms with Gasteiger partial charge in [0.05, 0.1) is 14.1 Å². The van der Waals surface area contributed by atoms with Gasteiger partial charge in [-0.1, -0.05) is 91.1 Å². The van der Waals surface area contributed by atoms with Crippen LogP contribution < -0.4 is 5.19 Å². The van der Waals surface area contributed by atoms with Crippen LogP contribution in [0, 0.1) is 5.92 Å². The molecule has 3 atom stereocenters. The van der Waals surface area contributed by atoms with Crippen LogP contribution in [0.3, 0.4) is 0 Å². The number of carbonyl (C=O) groups is 1. The Morgan fingerprint density at radius 1 is 1.00 bits per heavy atom. The van der Waals surface area contributed by atoms with Gasteiger partial charge in [-0.25, -0.2) is 4.79 Å². The van der Waals surface area contributed by atoms with E-state index in [9.17, 15) is 4.79 Å². The van der Waals surface area contributed by atoms with E-state index in [1.54, 1.807) is 0 Å². The van der Waals surface area contributed by atoms with Gasteiger partial charge in [-0.15, -0.1) is 0 Å². The molecule has 26 heavy (non-hydrogen) atoms. The zero-order valence-corrected chi connectivity index (χ0v) is 16.3. The van der Waals surface area contributed by atoms with Crippen LogP contribution in [-0.4, -0.2) is 31.2 Å². The Kier molecular flexibility index (Phi) is 4.45. The van der Waals surface area contributed by atoms with Crippen LogP contribution in [0.15, 0.2) is 72.8 Å². The van der Waals surface area contributed by atoms with E-state index in [4.69, 9.17) is 4.74 Å². The zero-order valence-electron chi connectivity index (χ0n) is 15.3. The third-order valence-corrected chi connectivity index (χ3v) is 9.07. The quantitative estimate of drug-likeness (QED) is 0.589. The van der Waals surface area contributed by atoms with Crippen LogP contribution in [0.25, 0.3) is 0 Å². The van der Waals surface area contributed by atoms with Crippen molar-refractivity contribution in [2.75, 3.05) is 0 Å². The van der Waals surface area contributed by atoms with Gasteiger partial charge in [0.15, 0.2) is 0 Å². The Hall–Kier alpha value is -2.33. The number of likely N-dealkylation sites (tertiary alicyclic amines) is 1. The predicted octanol–water partition coefficient (Wildman–Crippen LogP) is 4.18. The predicted molar refractivity (Wildman–Crippen MR) is 107 cm³/mol. The first-order valence-electron chi connectivity index (χ1n) is 9.29. The minimum Gasteiger partial charge on any atom is -0.445 e. The average molecular weight is 364 g/mol. The average Bonchev–Trinajstić information content (AvgIpc) is 2.64. The molecule has 1 aliphatic heterocycles. The number of ether oxygens (including phenoxy) is 1. The summed E-state index contributed by atoms with van der Waals surface area (Å²) in [7, 11) is -1.61. The van der Waals surface area contributed by atoms with Crippen LogP contribution in [0.5, 0.6) is 0 Å². The van der Waals surface area contributed by atoms with Crippen molar-refractivity contribution in [2.45, 2.75) is 37.8 Å². The first kappa shape index (κ1) is 17.1. The van der Waals surface area contributed by atoms with Crippen LogP contribution in [0.1, 0.15) is 5.56 Å². The molecule has 1 aliphatic carbocycles. The Bertz CT molecular complexity index is 803. The normalized spacial score (nSPS) is 23.6. The highest BCUT2D eigenvalue weighted by Crippen LogP contribution is 2.45. The summed E-state index contributed by atoms with van der Waals surface area (Å²) in [4.78, 5) is 14.7. The number of amides is 1. The molecule has 2 aromatic rings. The van der Waals surface area contributed by atoms with Gasteiger partial charge in [-0.05, 0) is 11.6 Å². The summed E-state index contributed by atoms with van der Waals surface area (Å²) in [5, 5.41) is 1.45. The number of rotatable bonds is 5. The highest BCUT2D eigenvalue weighted by molar-refractivity contribution is 6.89. The smallest absolute Gasteiger partial charge is 0.410 e. The Balaban J connectivity index is 1.43. The highest BCUT2D eigenvalue weighted by atomic mass is 28.3. The molecule has 1 heterocycles. The molecule has 0 aromatic heterocycles. The largest absolute Gasteiger partial charge is 0.445 e. The maximum absolute atomic E-state index is 12.7. The standard InChI is InChI=1S/C22H25NO2Si/c1-26(2,18-11-7-4-8-12-18)16-21-19-13-14-20(19)23(21)22(24)25-15-17-9-5-3-6-10-17/h3-14,19-21H,15-16H2,1-2H3/t19-,20+,21-/m0/s1. The summed E-state index contributed by atoms with van der Waals surface area (Å²) in [5.41, 5.74) is 1.03. The number of hydrogen-bond donors (Lipinski definition) is 0. The second-order valence-electron chi connectivity index (χ2n) is 7.92. The summed E-state index contributed by atoms with van der Waals surface area (Å²) < 4.78 is 5.60. The third kappa shape index (κ3) is 3.10. The molecule has 0 N–H and O–H groups in total. The van der Waals surface area contributed by atoms with E-state index in [2.05, 4.69) is 55.6 Å². The van der Waals surface area contributed by atoms with E-state index in [1.807, 2.05) is 35.2 Å². The number of carbonyl (C=O) groups excluding carboxylic acids is 1. The summed E-state index contributed by atoms with van der Waals surface area (Å²) in [6, 6.07) is 22.2. The molecule has 1 saturated heterocycles. The lowest BCUT2D eigenvalue weighted by Gasteiger charge is -2.58. The van der Waals surface area contributed by atoms with Crippen molar-refractivity contribution in [3.05, 3.63) is 78.4 Å². The van der Waals surface area contributed by atoms with Gasteiger partial charge >= 0.3 is 6.09 Å². The van der Waals surface area contributed by atoms with E-state index >= 15 is 0 Å². The van der Waals surface area contributed by atoms with Crippen LogP contribution in [0.4, 0.5) is 4.79 Å². The fourth-order valence-electron chi connectivity index (χ4n) is 4.09. The maximum atomic E-state index is 12.7. The molecular weight excluding hydrogens is 338 g/mol. The molecule has 2 aromatic carbocycles. The van der Waals surface area contributed by atoms with Crippen molar-refractivity contribution in [1.82, 2.24) is 4.90 Å². The molecule has 0 unspecified atom stereocenters. The van der Waals surface area contributed by atoms with E-state index in [1.165, 1.54) is 5.19 Å². The van der Waals surface area contributed by atoms with Crippen LogP contribution in [0.2, 0.25) is 19.1 Å². The van der Waals surface area contributed by atoms with Gasteiger partial charge in [-0.2, -0.15) is 0 Å². The van der Waals surface area contributed by atoms with Gasteiger partial charge in [0, 0.05) is 12.0 Å². The molecule has 0 saturated carbocycles. The van der Waals surface area contributed by atoms with Gasteiger partial charge in [0.1, 0.15) is 6.61 Å². The number of nitrogens with zero attached hydrogens (tertiary/aromatic N) is 1. The lowest BCUT2D eigenvalue weighted by molar-refractivity contribution is -0.0161.